The molecule has 0 spiro atoms. The number of rotatable bonds is 3. The summed E-state index contributed by atoms with van der Waals surface area (Å²) in [5.41, 5.74) is 9.32. The van der Waals surface area contributed by atoms with Gasteiger partial charge in [-0.25, -0.2) is 0 Å². The van der Waals surface area contributed by atoms with Crippen LogP contribution in [0.4, 0.5) is 5.69 Å². The molecule has 3 heteroatoms. The first kappa shape index (κ1) is 16.7. The highest BCUT2D eigenvalue weighted by Crippen LogP contribution is 2.43. The monoisotopic (exact) mass is 364 g/mol. The molecular weight excluding hydrogens is 344 g/mol. The number of fused-ring (bicyclic) bond motifs is 2. The van der Waals surface area contributed by atoms with Crippen molar-refractivity contribution in [3.05, 3.63) is 114 Å². The van der Waals surface area contributed by atoms with Crippen molar-refractivity contribution in [1.29, 1.82) is 0 Å². The lowest BCUT2D eigenvalue weighted by Crippen LogP contribution is -2.47. The van der Waals surface area contributed by atoms with Gasteiger partial charge in [0.05, 0.1) is 12.2 Å². The second-order valence-corrected chi connectivity index (χ2v) is 7.26. The van der Waals surface area contributed by atoms with Gasteiger partial charge < -0.3 is 10.6 Å². The van der Waals surface area contributed by atoms with Gasteiger partial charge in [0.2, 0.25) is 0 Å². The number of nitrogens with zero attached hydrogens (tertiary/aromatic N) is 1. The van der Waals surface area contributed by atoms with Crippen molar-refractivity contribution in [2.24, 2.45) is 5.73 Å². The third-order valence-corrected chi connectivity index (χ3v) is 5.59. The topological polar surface area (TPSA) is 46.3 Å². The van der Waals surface area contributed by atoms with Crippen molar-refractivity contribution >= 4 is 22.4 Å². The van der Waals surface area contributed by atoms with Crippen molar-refractivity contribution in [2.45, 2.75) is 12.1 Å². The van der Waals surface area contributed by atoms with Crippen molar-refractivity contribution in [2.75, 3.05) is 4.90 Å². The third-order valence-electron chi connectivity index (χ3n) is 5.59. The first-order valence-electron chi connectivity index (χ1n) is 9.41. The summed E-state index contributed by atoms with van der Waals surface area (Å²) in [6.07, 6.45) is 0. The van der Waals surface area contributed by atoms with E-state index in [0.29, 0.717) is 6.54 Å². The fourth-order valence-electron chi connectivity index (χ4n) is 4.12. The normalized spacial score (nSPS) is 18.5. The third kappa shape index (κ3) is 2.44. The van der Waals surface area contributed by atoms with Gasteiger partial charge in [0, 0.05) is 5.56 Å². The van der Waals surface area contributed by atoms with Gasteiger partial charge >= 0.3 is 0 Å². The Kier molecular flexibility index (Phi) is 3.78. The highest BCUT2D eigenvalue weighted by Gasteiger charge is 2.49. The summed E-state index contributed by atoms with van der Waals surface area (Å²) in [5.74, 6) is -0.0900. The molecule has 1 aliphatic heterocycles. The molecule has 0 aliphatic carbocycles. The molecule has 0 radical (unpaired) electrons. The summed E-state index contributed by atoms with van der Waals surface area (Å²) in [4.78, 5) is 15.4. The number of hydrogen-bond acceptors (Lipinski definition) is 2. The molecule has 0 fully saturated rings. The summed E-state index contributed by atoms with van der Waals surface area (Å²) in [7, 11) is 0. The lowest BCUT2D eigenvalue weighted by atomic mass is 9.84. The predicted octanol–water partition coefficient (Wildman–Crippen LogP) is 4.59. The second-order valence-electron chi connectivity index (χ2n) is 7.26. The van der Waals surface area contributed by atoms with Gasteiger partial charge in [0.1, 0.15) is 5.54 Å². The van der Waals surface area contributed by atoms with Crippen LogP contribution in [0.3, 0.4) is 0 Å². The molecule has 1 aliphatic rings. The minimum atomic E-state index is -1.19. The molecule has 0 saturated heterocycles. The lowest BCUT2D eigenvalue weighted by molar-refractivity contribution is -0.121. The average molecular weight is 364 g/mol. The van der Waals surface area contributed by atoms with Crippen LogP contribution >= 0.6 is 0 Å². The van der Waals surface area contributed by atoms with E-state index in [-0.39, 0.29) is 5.91 Å². The molecule has 0 aromatic heterocycles. The van der Waals surface area contributed by atoms with E-state index >= 15 is 0 Å². The first-order valence-corrected chi connectivity index (χ1v) is 9.41. The molecule has 4 aromatic rings. The van der Waals surface area contributed by atoms with Crippen LogP contribution in [0.25, 0.3) is 10.8 Å². The minimum absolute atomic E-state index is 0.0900. The van der Waals surface area contributed by atoms with Gasteiger partial charge in [0.25, 0.3) is 5.91 Å². The molecule has 28 heavy (non-hydrogen) atoms. The molecular formula is C25H20N2O. The SMILES string of the molecule is N[C@]1(c2ccc3ccccc3c2)C(=O)N(Cc2ccccc2)c2ccccc21. The standard InChI is InChI=1S/C25H20N2O/c26-25(21-15-14-19-10-4-5-11-20(19)16-21)22-12-6-7-13-23(22)27(24(25)28)17-18-8-2-1-3-9-18/h1-16H,17,26H2/t25-/m0/s1. The maximum Gasteiger partial charge on any atom is 0.256 e. The molecule has 1 heterocycles. The zero-order chi connectivity index (χ0) is 19.1. The number of carbonyl (C=O) groups is 1. The molecule has 0 saturated carbocycles. The summed E-state index contributed by atoms with van der Waals surface area (Å²) < 4.78 is 0. The van der Waals surface area contributed by atoms with Crippen LogP contribution in [0.5, 0.6) is 0 Å². The molecule has 2 N–H and O–H groups in total. The van der Waals surface area contributed by atoms with Crippen LogP contribution in [0.2, 0.25) is 0 Å². The van der Waals surface area contributed by atoms with Crippen LogP contribution in [0.15, 0.2) is 97.1 Å². The van der Waals surface area contributed by atoms with E-state index in [9.17, 15) is 4.79 Å². The van der Waals surface area contributed by atoms with Crippen molar-refractivity contribution < 1.29 is 4.79 Å². The van der Waals surface area contributed by atoms with Crippen molar-refractivity contribution in [1.82, 2.24) is 0 Å². The quantitative estimate of drug-likeness (QED) is 0.578. The Hall–Kier alpha value is -3.43. The van der Waals surface area contributed by atoms with Gasteiger partial charge in [-0.15, -0.1) is 0 Å². The molecule has 136 valence electrons. The molecule has 1 amide bonds. The van der Waals surface area contributed by atoms with Gasteiger partial charge in [-0.2, -0.15) is 0 Å². The second kappa shape index (κ2) is 6.32. The predicted molar refractivity (Wildman–Crippen MR) is 113 cm³/mol. The molecule has 5 rings (SSSR count). The van der Waals surface area contributed by atoms with E-state index in [1.807, 2.05) is 84.9 Å². The van der Waals surface area contributed by atoms with Crippen LogP contribution < -0.4 is 10.6 Å². The van der Waals surface area contributed by atoms with Crippen molar-refractivity contribution in [3.63, 3.8) is 0 Å². The van der Waals surface area contributed by atoms with Crippen LogP contribution in [0, 0.1) is 0 Å². The summed E-state index contributed by atoms with van der Waals surface area (Å²) in [6, 6.07) is 32.0. The zero-order valence-corrected chi connectivity index (χ0v) is 15.4. The van der Waals surface area contributed by atoms with E-state index in [2.05, 4.69) is 12.1 Å². The van der Waals surface area contributed by atoms with Crippen molar-refractivity contribution in [3.8, 4) is 0 Å². The van der Waals surface area contributed by atoms with Crippen LogP contribution in [-0.4, -0.2) is 5.91 Å². The Balaban J connectivity index is 1.65. The van der Waals surface area contributed by atoms with E-state index < -0.39 is 5.54 Å². The van der Waals surface area contributed by atoms with E-state index in [0.717, 1.165) is 33.2 Å². The summed E-state index contributed by atoms with van der Waals surface area (Å²) in [6.45, 7) is 0.503. The Morgan fingerprint density at radius 3 is 2.25 bits per heavy atom. The Bertz CT molecular complexity index is 1190. The van der Waals surface area contributed by atoms with Gasteiger partial charge in [-0.1, -0.05) is 84.9 Å². The fourth-order valence-corrected chi connectivity index (χ4v) is 4.12. The molecule has 4 aromatic carbocycles. The lowest BCUT2D eigenvalue weighted by Gasteiger charge is -2.25. The molecule has 1 atom stereocenters. The highest BCUT2D eigenvalue weighted by atomic mass is 16.2. The summed E-state index contributed by atoms with van der Waals surface area (Å²) in [5, 5.41) is 2.21. The van der Waals surface area contributed by atoms with Gasteiger partial charge in [-0.05, 0) is 34.0 Å². The fraction of sp³-hybridized carbons (Fsp3) is 0.0800. The maximum absolute atomic E-state index is 13.6. The van der Waals surface area contributed by atoms with E-state index in [1.54, 1.807) is 4.90 Å². The smallest absolute Gasteiger partial charge is 0.256 e. The maximum atomic E-state index is 13.6. The first-order chi connectivity index (χ1) is 13.7. The Morgan fingerprint density at radius 1 is 0.750 bits per heavy atom. The zero-order valence-electron chi connectivity index (χ0n) is 15.4. The summed E-state index contributed by atoms with van der Waals surface area (Å²) >= 11 is 0. The molecule has 0 bridgehead atoms. The van der Waals surface area contributed by atoms with Gasteiger partial charge in [0.15, 0.2) is 0 Å². The number of carbonyl (C=O) groups excluding carboxylic acids is 1. The number of hydrogen-bond donors (Lipinski definition) is 1. The molecule has 3 nitrogen and oxygen atoms in total. The largest absolute Gasteiger partial charge is 0.310 e. The Morgan fingerprint density at radius 2 is 1.43 bits per heavy atom. The average Bonchev–Trinajstić information content (AvgIpc) is 2.97. The number of nitrogens with two attached hydrogens (primary N) is 1. The number of para-hydroxylation sites is 1. The number of amides is 1. The van der Waals surface area contributed by atoms with Crippen LogP contribution in [-0.2, 0) is 16.9 Å². The minimum Gasteiger partial charge on any atom is -0.310 e. The number of anilines is 1. The van der Waals surface area contributed by atoms with Gasteiger partial charge in [-0.3, -0.25) is 4.79 Å². The highest BCUT2D eigenvalue weighted by molar-refractivity contribution is 6.10. The number of benzene rings is 4. The van der Waals surface area contributed by atoms with E-state index in [1.165, 1.54) is 0 Å². The van der Waals surface area contributed by atoms with E-state index in [4.69, 9.17) is 5.73 Å². The van der Waals surface area contributed by atoms with Crippen LogP contribution in [0.1, 0.15) is 16.7 Å². The molecule has 0 unspecified atom stereocenters. The Labute approximate surface area is 164 Å².